The average Bonchev–Trinajstić information content (AvgIpc) is 2.46. The number of halogens is 6. The van der Waals surface area contributed by atoms with Gasteiger partial charge in [-0.2, -0.15) is 31.3 Å². The molecule has 0 spiro atoms. The normalized spacial score (nSPS) is 12.4. The summed E-state index contributed by atoms with van der Waals surface area (Å²) in [4.78, 5) is 7.30. The minimum absolute atomic E-state index is 0.00199. The maximum Gasteiger partial charge on any atom is 0.433 e. The molecule has 0 bridgehead atoms. The predicted molar refractivity (Wildman–Crippen MR) is 85.3 cm³/mol. The van der Waals surface area contributed by atoms with Crippen LogP contribution in [0.1, 0.15) is 30.7 Å². The third-order valence-electron chi connectivity index (χ3n) is 3.26. The largest absolute Gasteiger partial charge is 0.433 e. The predicted octanol–water partition coefficient (Wildman–Crippen LogP) is 5.39. The van der Waals surface area contributed by atoms with Gasteiger partial charge in [-0.25, -0.2) is 4.98 Å². The van der Waals surface area contributed by atoms with Crippen LogP contribution in [0.5, 0.6) is 0 Å². The third-order valence-corrected chi connectivity index (χ3v) is 3.26. The van der Waals surface area contributed by atoms with Crippen LogP contribution in [0.2, 0.25) is 0 Å². The molecule has 1 aromatic heterocycles. The van der Waals surface area contributed by atoms with Crippen molar-refractivity contribution in [2.45, 2.75) is 39.2 Å². The molecule has 0 aliphatic carbocycles. The zero-order valence-electron chi connectivity index (χ0n) is 14.0. The third kappa shape index (κ3) is 4.99. The second-order valence-electron chi connectivity index (χ2n) is 5.91. The van der Waals surface area contributed by atoms with Crippen LogP contribution < -0.4 is 10.6 Å². The molecule has 0 amide bonds. The van der Waals surface area contributed by atoms with E-state index in [2.05, 4.69) is 20.6 Å². The van der Waals surface area contributed by atoms with E-state index in [4.69, 9.17) is 0 Å². The van der Waals surface area contributed by atoms with Crippen LogP contribution in [0.3, 0.4) is 0 Å². The van der Waals surface area contributed by atoms with Gasteiger partial charge in [-0.1, -0.05) is 6.07 Å². The first-order valence-electron chi connectivity index (χ1n) is 7.54. The van der Waals surface area contributed by atoms with Gasteiger partial charge in [0.05, 0.1) is 5.56 Å². The molecule has 1 heterocycles. The summed E-state index contributed by atoms with van der Waals surface area (Å²) in [5.41, 5.74) is -1.70. The van der Waals surface area contributed by atoms with E-state index in [1.807, 2.05) is 0 Å². The van der Waals surface area contributed by atoms with Gasteiger partial charge in [0.15, 0.2) is 5.69 Å². The SMILES string of the molecule is Cc1ccc(C(F)(F)F)cc1Nc1cc(C(F)(F)F)nc(NC(C)C)n1. The molecule has 0 saturated carbocycles. The fourth-order valence-corrected chi connectivity index (χ4v) is 2.05. The van der Waals surface area contributed by atoms with Gasteiger partial charge in [0.2, 0.25) is 5.95 Å². The number of nitrogens with one attached hydrogen (secondary N) is 2. The smallest absolute Gasteiger partial charge is 0.352 e. The van der Waals surface area contributed by atoms with Gasteiger partial charge in [0, 0.05) is 17.8 Å². The second-order valence-corrected chi connectivity index (χ2v) is 5.91. The zero-order chi connectivity index (χ0) is 19.7. The van der Waals surface area contributed by atoms with Gasteiger partial charge in [0.25, 0.3) is 0 Å². The van der Waals surface area contributed by atoms with E-state index in [0.717, 1.165) is 12.1 Å². The number of nitrogens with zero attached hydrogens (tertiary/aromatic N) is 2. The summed E-state index contributed by atoms with van der Waals surface area (Å²) >= 11 is 0. The van der Waals surface area contributed by atoms with Crippen LogP contribution in [0.4, 0.5) is 43.8 Å². The maximum atomic E-state index is 13.0. The van der Waals surface area contributed by atoms with Crippen LogP contribution >= 0.6 is 0 Å². The molecule has 2 N–H and O–H groups in total. The van der Waals surface area contributed by atoms with Crippen molar-refractivity contribution in [3.8, 4) is 0 Å². The molecule has 0 fully saturated rings. The lowest BCUT2D eigenvalue weighted by Crippen LogP contribution is -2.17. The number of aryl methyl sites for hydroxylation is 1. The fourth-order valence-electron chi connectivity index (χ4n) is 2.05. The standard InChI is InChI=1S/C16H16F6N4/c1-8(2)23-14-25-12(16(20,21)22)7-13(26-14)24-11-6-10(15(17,18)19)5-4-9(11)3/h4-8H,1-3H3,(H2,23,24,25,26). The minimum atomic E-state index is -4.73. The number of alkyl halides is 6. The summed E-state index contributed by atoms with van der Waals surface area (Å²) in [6, 6.07) is 3.35. The molecule has 0 atom stereocenters. The highest BCUT2D eigenvalue weighted by molar-refractivity contribution is 5.62. The van der Waals surface area contributed by atoms with Crippen LogP contribution in [0.25, 0.3) is 0 Å². The van der Waals surface area contributed by atoms with Gasteiger partial charge in [-0.15, -0.1) is 0 Å². The number of benzene rings is 1. The van der Waals surface area contributed by atoms with E-state index in [9.17, 15) is 26.3 Å². The van der Waals surface area contributed by atoms with Gasteiger partial charge < -0.3 is 10.6 Å². The van der Waals surface area contributed by atoms with Crippen LogP contribution in [0, 0.1) is 6.92 Å². The molecule has 142 valence electrons. The molecule has 0 saturated heterocycles. The Hall–Kier alpha value is -2.52. The van der Waals surface area contributed by atoms with E-state index in [1.54, 1.807) is 13.8 Å². The highest BCUT2D eigenvalue weighted by Gasteiger charge is 2.34. The highest BCUT2D eigenvalue weighted by Crippen LogP contribution is 2.34. The maximum absolute atomic E-state index is 13.0. The Morgan fingerprint density at radius 3 is 2.12 bits per heavy atom. The van der Waals surface area contributed by atoms with Crippen molar-refractivity contribution in [3.05, 3.63) is 41.1 Å². The molecule has 0 radical (unpaired) electrons. The first kappa shape index (κ1) is 19.8. The quantitative estimate of drug-likeness (QED) is 0.701. The Bertz CT molecular complexity index is 783. The lowest BCUT2D eigenvalue weighted by molar-refractivity contribution is -0.141. The van der Waals surface area contributed by atoms with E-state index < -0.39 is 23.6 Å². The Morgan fingerprint density at radius 2 is 1.58 bits per heavy atom. The Kier molecular flexibility index (Phi) is 5.33. The summed E-state index contributed by atoms with van der Waals surface area (Å²) in [5, 5.41) is 5.17. The second kappa shape index (κ2) is 7.00. The van der Waals surface area contributed by atoms with Crippen molar-refractivity contribution in [2.24, 2.45) is 0 Å². The van der Waals surface area contributed by atoms with Crippen LogP contribution in [0.15, 0.2) is 24.3 Å². The molecule has 0 aliphatic rings. The highest BCUT2D eigenvalue weighted by atomic mass is 19.4. The Morgan fingerprint density at radius 1 is 0.923 bits per heavy atom. The minimum Gasteiger partial charge on any atom is -0.352 e. The molecule has 2 rings (SSSR count). The molecule has 0 unspecified atom stereocenters. The number of rotatable bonds is 4. The molecule has 0 aliphatic heterocycles. The van der Waals surface area contributed by atoms with Crippen molar-refractivity contribution >= 4 is 17.5 Å². The number of hydrogen-bond donors (Lipinski definition) is 2. The molecule has 10 heteroatoms. The number of aromatic nitrogens is 2. The van der Waals surface area contributed by atoms with Crippen molar-refractivity contribution in [3.63, 3.8) is 0 Å². The zero-order valence-corrected chi connectivity index (χ0v) is 14.0. The van der Waals surface area contributed by atoms with E-state index in [-0.39, 0.29) is 23.5 Å². The molecule has 2 aromatic rings. The van der Waals surface area contributed by atoms with E-state index in [1.165, 1.54) is 13.0 Å². The van der Waals surface area contributed by atoms with Gasteiger partial charge in [-0.05, 0) is 38.5 Å². The fraction of sp³-hybridized carbons (Fsp3) is 0.375. The van der Waals surface area contributed by atoms with Crippen molar-refractivity contribution in [1.82, 2.24) is 9.97 Å². The topological polar surface area (TPSA) is 49.8 Å². The van der Waals surface area contributed by atoms with Gasteiger partial charge >= 0.3 is 12.4 Å². The van der Waals surface area contributed by atoms with E-state index in [0.29, 0.717) is 11.6 Å². The summed E-state index contributed by atoms with van der Waals surface area (Å²) in [6.07, 6.45) is -9.30. The van der Waals surface area contributed by atoms with E-state index >= 15 is 0 Å². The van der Waals surface area contributed by atoms with Gasteiger partial charge in [0.1, 0.15) is 5.82 Å². The van der Waals surface area contributed by atoms with Crippen LogP contribution in [-0.2, 0) is 12.4 Å². The first-order chi connectivity index (χ1) is 11.9. The summed E-state index contributed by atoms with van der Waals surface area (Å²) in [7, 11) is 0. The summed E-state index contributed by atoms with van der Waals surface area (Å²) in [6.45, 7) is 4.91. The molecule has 26 heavy (non-hydrogen) atoms. The van der Waals surface area contributed by atoms with Crippen molar-refractivity contribution < 1.29 is 26.3 Å². The summed E-state index contributed by atoms with van der Waals surface area (Å²) in [5.74, 6) is -0.542. The van der Waals surface area contributed by atoms with Crippen molar-refractivity contribution in [2.75, 3.05) is 10.6 Å². The average molecular weight is 378 g/mol. The molecular weight excluding hydrogens is 362 g/mol. The summed E-state index contributed by atoms with van der Waals surface area (Å²) < 4.78 is 77.6. The Balaban J connectivity index is 2.45. The molecular formula is C16H16F6N4. The Labute approximate surface area is 145 Å². The number of hydrogen-bond acceptors (Lipinski definition) is 4. The van der Waals surface area contributed by atoms with Gasteiger partial charge in [-0.3, -0.25) is 0 Å². The van der Waals surface area contributed by atoms with Crippen molar-refractivity contribution in [1.29, 1.82) is 0 Å². The van der Waals surface area contributed by atoms with Crippen LogP contribution in [-0.4, -0.2) is 16.0 Å². The lowest BCUT2D eigenvalue weighted by atomic mass is 10.1. The molecule has 1 aromatic carbocycles. The first-order valence-corrected chi connectivity index (χ1v) is 7.54. The number of anilines is 3. The lowest BCUT2D eigenvalue weighted by Gasteiger charge is -2.16. The monoisotopic (exact) mass is 378 g/mol. The molecule has 4 nitrogen and oxygen atoms in total.